The Morgan fingerprint density at radius 2 is 1.86 bits per heavy atom. The summed E-state index contributed by atoms with van der Waals surface area (Å²) in [5, 5.41) is 3.38. The van der Waals surface area contributed by atoms with E-state index in [0.29, 0.717) is 23.7 Å². The molecule has 0 atom stereocenters. The molecule has 0 saturated heterocycles. The van der Waals surface area contributed by atoms with Gasteiger partial charge in [-0.3, -0.25) is 9.63 Å². The molecular formula is C19H23ClN2O5S. The van der Waals surface area contributed by atoms with Crippen LogP contribution in [0.5, 0.6) is 5.75 Å². The number of carbonyl (C=O) groups is 1. The molecule has 28 heavy (non-hydrogen) atoms. The van der Waals surface area contributed by atoms with Crippen LogP contribution in [0.4, 0.5) is 5.69 Å². The Bertz CT molecular complexity index is 916. The predicted molar refractivity (Wildman–Crippen MR) is 108 cm³/mol. The van der Waals surface area contributed by atoms with Crippen LogP contribution >= 0.6 is 11.6 Å². The zero-order valence-corrected chi connectivity index (χ0v) is 17.5. The minimum absolute atomic E-state index is 0.0709. The predicted octanol–water partition coefficient (Wildman–Crippen LogP) is 3.63. The Kier molecular flexibility index (Phi) is 7.82. The Hall–Kier alpha value is -2.13. The van der Waals surface area contributed by atoms with E-state index in [9.17, 15) is 13.2 Å². The highest BCUT2D eigenvalue weighted by molar-refractivity contribution is 7.89. The van der Waals surface area contributed by atoms with Crippen LogP contribution in [0, 0.1) is 6.92 Å². The average molecular weight is 427 g/mol. The molecule has 1 N–H and O–H groups in total. The lowest BCUT2D eigenvalue weighted by molar-refractivity contribution is -0.116. The standard InChI is InChI=1S/C19H23ClN2O5S/c1-14-13-15(20)6-11-18(14)27-12-4-5-19(23)21-16-7-9-17(10-8-16)28(24,25)22(2)26-3/h6-11,13H,4-5,12H2,1-3H3,(H,21,23). The molecule has 0 fully saturated rings. The second-order valence-corrected chi connectivity index (χ2v) is 8.40. The van der Waals surface area contributed by atoms with E-state index < -0.39 is 10.0 Å². The molecule has 9 heteroatoms. The van der Waals surface area contributed by atoms with Crippen LogP contribution in [0.2, 0.25) is 5.02 Å². The highest BCUT2D eigenvalue weighted by Gasteiger charge is 2.20. The summed E-state index contributed by atoms with van der Waals surface area (Å²) in [5.74, 6) is 0.559. The first-order valence-corrected chi connectivity index (χ1v) is 10.4. The fourth-order valence-corrected chi connectivity index (χ4v) is 3.57. The van der Waals surface area contributed by atoms with E-state index in [4.69, 9.17) is 21.2 Å². The van der Waals surface area contributed by atoms with Crippen molar-refractivity contribution in [3.63, 3.8) is 0 Å². The van der Waals surface area contributed by atoms with E-state index in [1.807, 2.05) is 13.0 Å². The van der Waals surface area contributed by atoms with Gasteiger partial charge in [0.2, 0.25) is 5.91 Å². The molecule has 0 unspecified atom stereocenters. The van der Waals surface area contributed by atoms with E-state index in [0.717, 1.165) is 15.8 Å². The van der Waals surface area contributed by atoms with Crippen molar-refractivity contribution >= 4 is 33.2 Å². The Morgan fingerprint density at radius 1 is 1.18 bits per heavy atom. The lowest BCUT2D eigenvalue weighted by Crippen LogP contribution is -2.25. The van der Waals surface area contributed by atoms with Gasteiger partial charge in [0.05, 0.1) is 18.6 Å². The fraction of sp³-hybridized carbons (Fsp3) is 0.316. The quantitative estimate of drug-likeness (QED) is 0.489. The SMILES string of the molecule is CON(C)S(=O)(=O)c1ccc(NC(=O)CCCOc2ccc(Cl)cc2C)cc1. The third-order valence-corrected chi connectivity index (χ3v) is 5.90. The Balaban J connectivity index is 1.81. The second kappa shape index (κ2) is 9.88. The number of nitrogens with one attached hydrogen (secondary N) is 1. The van der Waals surface area contributed by atoms with Gasteiger partial charge in [-0.25, -0.2) is 8.42 Å². The number of ether oxygens (including phenoxy) is 1. The summed E-state index contributed by atoms with van der Waals surface area (Å²) in [4.78, 5) is 16.8. The Labute approximate surface area is 170 Å². The maximum Gasteiger partial charge on any atom is 0.264 e. The third-order valence-electron chi connectivity index (χ3n) is 3.97. The molecule has 0 aliphatic rings. The van der Waals surface area contributed by atoms with E-state index in [-0.39, 0.29) is 17.2 Å². The number of anilines is 1. The van der Waals surface area contributed by atoms with E-state index in [1.165, 1.54) is 38.4 Å². The average Bonchev–Trinajstić information content (AvgIpc) is 2.66. The highest BCUT2D eigenvalue weighted by Crippen LogP contribution is 2.22. The molecule has 152 valence electrons. The molecule has 0 aliphatic heterocycles. The number of halogens is 1. The normalized spacial score (nSPS) is 11.5. The van der Waals surface area contributed by atoms with Crippen molar-refractivity contribution in [3.05, 3.63) is 53.1 Å². The van der Waals surface area contributed by atoms with Crippen molar-refractivity contribution in [1.82, 2.24) is 4.47 Å². The first kappa shape index (κ1) is 22.2. The molecule has 2 aromatic carbocycles. The van der Waals surface area contributed by atoms with Crippen LogP contribution in [-0.4, -0.2) is 39.6 Å². The molecule has 2 rings (SSSR count). The van der Waals surface area contributed by atoms with Crippen LogP contribution in [-0.2, 0) is 19.7 Å². The lowest BCUT2D eigenvalue weighted by atomic mass is 10.2. The molecule has 0 aliphatic carbocycles. The molecule has 0 aromatic heterocycles. The summed E-state index contributed by atoms with van der Waals surface area (Å²) in [6, 6.07) is 11.3. The van der Waals surface area contributed by atoms with Crippen molar-refractivity contribution in [1.29, 1.82) is 0 Å². The van der Waals surface area contributed by atoms with Crippen molar-refractivity contribution in [2.24, 2.45) is 0 Å². The minimum Gasteiger partial charge on any atom is -0.493 e. The number of hydrogen-bond donors (Lipinski definition) is 1. The van der Waals surface area contributed by atoms with Gasteiger partial charge in [0.25, 0.3) is 10.0 Å². The van der Waals surface area contributed by atoms with Crippen LogP contribution < -0.4 is 10.1 Å². The van der Waals surface area contributed by atoms with Crippen LogP contribution in [0.15, 0.2) is 47.4 Å². The largest absolute Gasteiger partial charge is 0.493 e. The van der Waals surface area contributed by atoms with Gasteiger partial charge in [-0.05, 0) is 61.4 Å². The number of hydrogen-bond acceptors (Lipinski definition) is 5. The molecule has 0 saturated carbocycles. The van der Waals surface area contributed by atoms with Gasteiger partial charge in [-0.15, -0.1) is 0 Å². The van der Waals surface area contributed by atoms with Crippen molar-refractivity contribution in [2.45, 2.75) is 24.7 Å². The first-order chi connectivity index (χ1) is 13.2. The van der Waals surface area contributed by atoms with Gasteiger partial charge < -0.3 is 10.1 Å². The number of benzene rings is 2. The monoisotopic (exact) mass is 426 g/mol. The summed E-state index contributed by atoms with van der Waals surface area (Å²) in [6.07, 6.45) is 0.818. The number of carbonyl (C=O) groups excluding carboxylic acids is 1. The van der Waals surface area contributed by atoms with Gasteiger partial charge in [0.1, 0.15) is 5.75 Å². The Morgan fingerprint density at radius 3 is 2.46 bits per heavy atom. The number of rotatable bonds is 9. The number of hydroxylamine groups is 1. The first-order valence-electron chi connectivity index (χ1n) is 8.56. The summed E-state index contributed by atoms with van der Waals surface area (Å²) in [6.45, 7) is 2.30. The van der Waals surface area contributed by atoms with Gasteiger partial charge >= 0.3 is 0 Å². The van der Waals surface area contributed by atoms with Crippen molar-refractivity contribution < 1.29 is 22.8 Å². The van der Waals surface area contributed by atoms with Gasteiger partial charge in [-0.1, -0.05) is 16.1 Å². The summed E-state index contributed by atoms with van der Waals surface area (Å²) >= 11 is 5.90. The number of nitrogens with zero attached hydrogens (tertiary/aromatic N) is 1. The van der Waals surface area contributed by atoms with Crippen molar-refractivity contribution in [3.8, 4) is 5.75 Å². The van der Waals surface area contributed by atoms with Crippen LogP contribution in [0.3, 0.4) is 0 Å². The van der Waals surface area contributed by atoms with Crippen LogP contribution in [0.1, 0.15) is 18.4 Å². The molecule has 0 heterocycles. The highest BCUT2D eigenvalue weighted by atomic mass is 35.5. The molecule has 0 bridgehead atoms. The van der Waals surface area contributed by atoms with E-state index in [1.54, 1.807) is 12.1 Å². The van der Waals surface area contributed by atoms with Crippen LogP contribution in [0.25, 0.3) is 0 Å². The molecule has 0 radical (unpaired) electrons. The third kappa shape index (κ3) is 5.93. The summed E-state index contributed by atoms with van der Waals surface area (Å²) in [7, 11) is -1.14. The van der Waals surface area contributed by atoms with E-state index in [2.05, 4.69) is 5.32 Å². The second-order valence-electron chi connectivity index (χ2n) is 6.03. The number of amides is 1. The molecule has 2 aromatic rings. The number of sulfonamides is 1. The molecule has 0 spiro atoms. The maximum absolute atomic E-state index is 12.1. The smallest absolute Gasteiger partial charge is 0.264 e. The van der Waals surface area contributed by atoms with E-state index >= 15 is 0 Å². The minimum atomic E-state index is -3.71. The van der Waals surface area contributed by atoms with Crippen molar-refractivity contribution in [2.75, 3.05) is 26.1 Å². The molecular weight excluding hydrogens is 404 g/mol. The van der Waals surface area contributed by atoms with Gasteiger partial charge in [0, 0.05) is 24.2 Å². The number of aryl methyl sites for hydroxylation is 1. The fourth-order valence-electron chi connectivity index (χ4n) is 2.37. The molecule has 7 nitrogen and oxygen atoms in total. The topological polar surface area (TPSA) is 84.9 Å². The molecule has 1 amide bonds. The maximum atomic E-state index is 12.1. The van der Waals surface area contributed by atoms with Gasteiger partial charge in [-0.2, -0.15) is 0 Å². The lowest BCUT2D eigenvalue weighted by Gasteiger charge is -2.14. The van der Waals surface area contributed by atoms with Gasteiger partial charge in [0.15, 0.2) is 0 Å². The summed E-state index contributed by atoms with van der Waals surface area (Å²) < 4.78 is 30.7. The zero-order valence-electron chi connectivity index (χ0n) is 15.9. The summed E-state index contributed by atoms with van der Waals surface area (Å²) in [5.41, 5.74) is 1.45. The zero-order chi connectivity index (χ0) is 20.7.